The maximum Gasteiger partial charge on any atom is 0.223 e. The quantitative estimate of drug-likeness (QED) is 0.717. The van der Waals surface area contributed by atoms with Gasteiger partial charge in [0.1, 0.15) is 0 Å². The summed E-state index contributed by atoms with van der Waals surface area (Å²) in [6, 6.07) is 0. The van der Waals surface area contributed by atoms with Gasteiger partial charge >= 0.3 is 0 Å². The van der Waals surface area contributed by atoms with Crippen LogP contribution in [0, 0.1) is 0 Å². The molecule has 1 fully saturated rings. The topological polar surface area (TPSA) is 64.3 Å². The van der Waals surface area contributed by atoms with Gasteiger partial charge in [-0.25, -0.2) is 0 Å². The zero-order valence-corrected chi connectivity index (χ0v) is 10.6. The zero-order valence-electron chi connectivity index (χ0n) is 10.6. The van der Waals surface area contributed by atoms with Crippen molar-refractivity contribution in [3.8, 4) is 0 Å². The highest BCUT2D eigenvalue weighted by molar-refractivity contribution is 5.78. The second-order valence-corrected chi connectivity index (χ2v) is 5.39. The molecule has 1 amide bonds. The van der Waals surface area contributed by atoms with Gasteiger partial charge in [0.25, 0.3) is 0 Å². The SMILES string of the molecule is COC1(CC(=O)NC(C)(C)CCN)CCC1. The molecule has 0 aromatic carbocycles. The van der Waals surface area contributed by atoms with Crippen LogP contribution in [-0.4, -0.2) is 30.7 Å². The summed E-state index contributed by atoms with van der Waals surface area (Å²) in [6.45, 7) is 4.58. The first-order valence-corrected chi connectivity index (χ1v) is 5.99. The van der Waals surface area contributed by atoms with Crippen molar-refractivity contribution < 1.29 is 9.53 Å². The average molecular weight is 228 g/mol. The van der Waals surface area contributed by atoms with Crippen molar-refractivity contribution in [3.63, 3.8) is 0 Å². The first kappa shape index (κ1) is 13.5. The van der Waals surface area contributed by atoms with E-state index < -0.39 is 0 Å². The molecule has 1 rings (SSSR count). The van der Waals surface area contributed by atoms with Crippen molar-refractivity contribution in [1.82, 2.24) is 5.32 Å². The normalized spacial score (nSPS) is 19.0. The molecule has 0 unspecified atom stereocenters. The van der Waals surface area contributed by atoms with Crippen LogP contribution >= 0.6 is 0 Å². The van der Waals surface area contributed by atoms with Crippen LogP contribution in [0.1, 0.15) is 46.0 Å². The predicted molar refractivity (Wildman–Crippen MR) is 64.1 cm³/mol. The summed E-state index contributed by atoms with van der Waals surface area (Å²) in [5, 5.41) is 3.02. The highest BCUT2D eigenvalue weighted by atomic mass is 16.5. The number of nitrogens with one attached hydrogen (secondary N) is 1. The number of hydrogen-bond acceptors (Lipinski definition) is 3. The molecule has 3 N–H and O–H groups in total. The number of hydrogen-bond donors (Lipinski definition) is 2. The molecule has 16 heavy (non-hydrogen) atoms. The number of carbonyl (C=O) groups is 1. The van der Waals surface area contributed by atoms with Crippen LogP contribution in [0.3, 0.4) is 0 Å². The molecular formula is C12H24N2O2. The van der Waals surface area contributed by atoms with Crippen LogP contribution in [0.15, 0.2) is 0 Å². The van der Waals surface area contributed by atoms with Gasteiger partial charge in [0, 0.05) is 12.6 Å². The third kappa shape index (κ3) is 3.46. The van der Waals surface area contributed by atoms with E-state index in [9.17, 15) is 4.79 Å². The largest absolute Gasteiger partial charge is 0.378 e. The molecular weight excluding hydrogens is 204 g/mol. The number of methoxy groups -OCH3 is 1. The van der Waals surface area contributed by atoms with Crippen LogP contribution in [0.5, 0.6) is 0 Å². The van der Waals surface area contributed by atoms with E-state index in [-0.39, 0.29) is 17.0 Å². The molecule has 1 saturated carbocycles. The van der Waals surface area contributed by atoms with Gasteiger partial charge in [-0.15, -0.1) is 0 Å². The summed E-state index contributed by atoms with van der Waals surface area (Å²) in [4.78, 5) is 11.9. The van der Waals surface area contributed by atoms with Gasteiger partial charge in [0.15, 0.2) is 0 Å². The average Bonchev–Trinajstić information content (AvgIpc) is 2.10. The van der Waals surface area contributed by atoms with Gasteiger partial charge in [-0.1, -0.05) is 0 Å². The first-order chi connectivity index (χ1) is 7.43. The fourth-order valence-electron chi connectivity index (χ4n) is 2.16. The Bertz CT molecular complexity index is 242. The van der Waals surface area contributed by atoms with Gasteiger partial charge in [0.05, 0.1) is 12.0 Å². The first-order valence-electron chi connectivity index (χ1n) is 5.99. The van der Waals surface area contributed by atoms with E-state index in [4.69, 9.17) is 10.5 Å². The van der Waals surface area contributed by atoms with Gasteiger partial charge in [-0.05, 0) is 46.1 Å². The summed E-state index contributed by atoms with van der Waals surface area (Å²) in [6.07, 6.45) is 4.41. The Morgan fingerprint density at radius 1 is 1.50 bits per heavy atom. The monoisotopic (exact) mass is 228 g/mol. The Labute approximate surface area is 97.9 Å². The second kappa shape index (κ2) is 5.15. The molecule has 0 radical (unpaired) electrons. The third-order valence-electron chi connectivity index (χ3n) is 3.43. The van der Waals surface area contributed by atoms with Gasteiger partial charge in [0.2, 0.25) is 5.91 Å². The van der Waals surface area contributed by atoms with Crippen LogP contribution in [0.2, 0.25) is 0 Å². The molecule has 1 aliphatic rings. The molecule has 94 valence electrons. The molecule has 0 spiro atoms. The molecule has 0 saturated heterocycles. The van der Waals surface area contributed by atoms with Crippen molar-refractivity contribution in [2.24, 2.45) is 5.73 Å². The van der Waals surface area contributed by atoms with E-state index in [2.05, 4.69) is 5.32 Å². The van der Waals surface area contributed by atoms with Crippen molar-refractivity contribution in [1.29, 1.82) is 0 Å². The second-order valence-electron chi connectivity index (χ2n) is 5.39. The molecule has 0 heterocycles. The minimum absolute atomic E-state index is 0.0694. The van der Waals surface area contributed by atoms with Gasteiger partial charge in [-0.3, -0.25) is 4.79 Å². The molecule has 0 aromatic heterocycles. The minimum Gasteiger partial charge on any atom is -0.378 e. The molecule has 1 aliphatic carbocycles. The number of nitrogens with two attached hydrogens (primary N) is 1. The fourth-order valence-corrected chi connectivity index (χ4v) is 2.16. The number of carbonyl (C=O) groups excluding carboxylic acids is 1. The van der Waals surface area contributed by atoms with E-state index in [1.165, 1.54) is 0 Å². The van der Waals surface area contributed by atoms with Crippen molar-refractivity contribution in [2.75, 3.05) is 13.7 Å². The summed E-state index contributed by atoms with van der Waals surface area (Å²) in [5.74, 6) is 0.0694. The Kier molecular flexibility index (Phi) is 4.33. The number of rotatable bonds is 6. The van der Waals surface area contributed by atoms with Gasteiger partial charge in [-0.2, -0.15) is 0 Å². The van der Waals surface area contributed by atoms with Crippen molar-refractivity contribution >= 4 is 5.91 Å². The standard InChI is InChI=1S/C12H24N2O2/c1-11(2,7-8-13)14-10(15)9-12(16-3)5-4-6-12/h4-9,13H2,1-3H3,(H,14,15). The number of ether oxygens (including phenoxy) is 1. The van der Waals surface area contributed by atoms with Crippen LogP contribution < -0.4 is 11.1 Å². The summed E-state index contributed by atoms with van der Waals surface area (Å²) >= 11 is 0. The Morgan fingerprint density at radius 2 is 2.12 bits per heavy atom. The predicted octanol–water partition coefficient (Wildman–Crippen LogP) is 1.19. The lowest BCUT2D eigenvalue weighted by molar-refractivity contribution is -0.135. The maximum atomic E-state index is 11.9. The lowest BCUT2D eigenvalue weighted by Gasteiger charge is -2.40. The Hall–Kier alpha value is -0.610. The van der Waals surface area contributed by atoms with E-state index in [1.54, 1.807) is 7.11 Å². The summed E-state index contributed by atoms with van der Waals surface area (Å²) in [7, 11) is 1.69. The van der Waals surface area contributed by atoms with E-state index in [0.717, 1.165) is 25.7 Å². The van der Waals surface area contributed by atoms with Crippen LogP contribution in [0.4, 0.5) is 0 Å². The third-order valence-corrected chi connectivity index (χ3v) is 3.43. The highest BCUT2D eigenvalue weighted by Crippen LogP contribution is 2.37. The highest BCUT2D eigenvalue weighted by Gasteiger charge is 2.39. The molecule has 4 nitrogen and oxygen atoms in total. The Morgan fingerprint density at radius 3 is 2.50 bits per heavy atom. The number of amides is 1. The fraction of sp³-hybridized carbons (Fsp3) is 0.917. The lowest BCUT2D eigenvalue weighted by Crippen LogP contribution is -2.49. The maximum absolute atomic E-state index is 11.9. The lowest BCUT2D eigenvalue weighted by atomic mass is 9.77. The zero-order chi connectivity index (χ0) is 12.2. The Balaban J connectivity index is 2.41. The van der Waals surface area contributed by atoms with Crippen LogP contribution in [-0.2, 0) is 9.53 Å². The van der Waals surface area contributed by atoms with Crippen molar-refractivity contribution in [3.05, 3.63) is 0 Å². The molecule has 0 aromatic rings. The molecule has 4 heteroatoms. The van der Waals surface area contributed by atoms with E-state index in [1.807, 2.05) is 13.8 Å². The minimum atomic E-state index is -0.218. The summed E-state index contributed by atoms with van der Waals surface area (Å²) < 4.78 is 5.43. The van der Waals surface area contributed by atoms with Crippen molar-refractivity contribution in [2.45, 2.75) is 57.1 Å². The smallest absolute Gasteiger partial charge is 0.223 e. The van der Waals surface area contributed by atoms with Crippen LogP contribution in [0.25, 0.3) is 0 Å². The van der Waals surface area contributed by atoms with E-state index in [0.29, 0.717) is 13.0 Å². The molecule has 0 aliphatic heterocycles. The van der Waals surface area contributed by atoms with E-state index >= 15 is 0 Å². The van der Waals surface area contributed by atoms with Gasteiger partial charge < -0.3 is 15.8 Å². The molecule has 0 bridgehead atoms. The molecule has 0 atom stereocenters. The summed E-state index contributed by atoms with van der Waals surface area (Å²) in [5.41, 5.74) is 5.10.